The van der Waals surface area contributed by atoms with Crippen LogP contribution in [0.1, 0.15) is 18.2 Å². The van der Waals surface area contributed by atoms with Gasteiger partial charge in [-0.1, -0.05) is 6.07 Å². The first-order valence-electron chi connectivity index (χ1n) is 8.67. The van der Waals surface area contributed by atoms with Gasteiger partial charge in [0.2, 0.25) is 0 Å². The second-order valence-electron chi connectivity index (χ2n) is 6.27. The number of carbonyl (C=O) groups excluding carboxylic acids is 1. The first kappa shape index (κ1) is 18.8. The molecular weight excluding hydrogens is 350 g/mol. The SMILES string of the molecule is CCn1nc(-c2ccncc2)cc1CC(=O)[C@@H](N)Cc1ccc(F)c(F)c1. The monoisotopic (exact) mass is 370 g/mol. The molecule has 2 N–H and O–H groups in total. The number of nitrogens with zero attached hydrogens (tertiary/aromatic N) is 3. The van der Waals surface area contributed by atoms with Crippen molar-refractivity contribution < 1.29 is 13.6 Å². The average Bonchev–Trinajstić information content (AvgIpc) is 3.08. The third-order valence-electron chi connectivity index (χ3n) is 4.35. The molecule has 0 aliphatic carbocycles. The van der Waals surface area contributed by atoms with Crippen LogP contribution in [0.4, 0.5) is 8.78 Å². The number of Topliss-reactive ketones (excluding diaryl/α,β-unsaturated/α-hetero) is 1. The van der Waals surface area contributed by atoms with Gasteiger partial charge in [-0.3, -0.25) is 14.5 Å². The van der Waals surface area contributed by atoms with Crippen LogP contribution in [0.3, 0.4) is 0 Å². The van der Waals surface area contributed by atoms with Crippen molar-refractivity contribution in [3.05, 3.63) is 71.7 Å². The third-order valence-corrected chi connectivity index (χ3v) is 4.35. The Hall–Kier alpha value is -2.93. The van der Waals surface area contributed by atoms with Crippen molar-refractivity contribution in [1.82, 2.24) is 14.8 Å². The van der Waals surface area contributed by atoms with Crippen LogP contribution in [0, 0.1) is 11.6 Å². The molecule has 0 saturated heterocycles. The van der Waals surface area contributed by atoms with Gasteiger partial charge in [0.1, 0.15) is 0 Å². The van der Waals surface area contributed by atoms with Crippen LogP contribution in [-0.2, 0) is 24.2 Å². The average molecular weight is 370 g/mol. The zero-order valence-electron chi connectivity index (χ0n) is 14.9. The number of aromatic nitrogens is 3. The van der Waals surface area contributed by atoms with Crippen LogP contribution in [0.15, 0.2) is 48.8 Å². The van der Waals surface area contributed by atoms with Crippen molar-refractivity contribution in [3.63, 3.8) is 0 Å². The normalized spacial score (nSPS) is 12.1. The Kier molecular flexibility index (Phi) is 5.71. The van der Waals surface area contributed by atoms with E-state index < -0.39 is 17.7 Å². The first-order valence-corrected chi connectivity index (χ1v) is 8.67. The van der Waals surface area contributed by atoms with Gasteiger partial charge in [0.05, 0.1) is 18.2 Å². The number of rotatable bonds is 7. The van der Waals surface area contributed by atoms with Gasteiger partial charge in [0, 0.05) is 30.2 Å². The molecule has 3 aromatic rings. The quantitative estimate of drug-likeness (QED) is 0.694. The molecule has 1 aromatic carbocycles. The van der Waals surface area contributed by atoms with Gasteiger partial charge in [-0.2, -0.15) is 5.10 Å². The van der Waals surface area contributed by atoms with E-state index in [1.807, 2.05) is 25.1 Å². The van der Waals surface area contributed by atoms with Gasteiger partial charge in [0.25, 0.3) is 0 Å². The zero-order chi connectivity index (χ0) is 19.4. The van der Waals surface area contributed by atoms with Crippen LogP contribution in [-0.4, -0.2) is 26.6 Å². The minimum Gasteiger partial charge on any atom is -0.321 e. The predicted octanol–water partition coefficient (Wildman–Crippen LogP) is 2.92. The fraction of sp³-hybridized carbons (Fsp3) is 0.250. The van der Waals surface area contributed by atoms with Gasteiger partial charge >= 0.3 is 0 Å². The number of nitrogens with two attached hydrogens (primary N) is 1. The van der Waals surface area contributed by atoms with Crippen LogP contribution < -0.4 is 5.73 Å². The van der Waals surface area contributed by atoms with Gasteiger partial charge in [0.15, 0.2) is 17.4 Å². The molecule has 5 nitrogen and oxygen atoms in total. The summed E-state index contributed by atoms with van der Waals surface area (Å²) in [6, 6.07) is 8.30. The van der Waals surface area contributed by atoms with Crippen molar-refractivity contribution in [3.8, 4) is 11.3 Å². The Morgan fingerprint density at radius 3 is 2.56 bits per heavy atom. The molecule has 3 rings (SSSR count). The Morgan fingerprint density at radius 2 is 1.89 bits per heavy atom. The van der Waals surface area contributed by atoms with E-state index in [0.29, 0.717) is 12.1 Å². The summed E-state index contributed by atoms with van der Waals surface area (Å²) in [5.41, 5.74) is 8.91. The molecule has 0 radical (unpaired) electrons. The molecule has 1 atom stereocenters. The number of hydrogen-bond donors (Lipinski definition) is 1. The highest BCUT2D eigenvalue weighted by Gasteiger charge is 2.19. The number of aryl methyl sites for hydroxylation is 1. The summed E-state index contributed by atoms with van der Waals surface area (Å²) in [7, 11) is 0. The highest BCUT2D eigenvalue weighted by molar-refractivity contribution is 5.86. The van der Waals surface area contributed by atoms with E-state index in [9.17, 15) is 13.6 Å². The van der Waals surface area contributed by atoms with E-state index in [4.69, 9.17) is 5.73 Å². The molecule has 0 aliphatic heterocycles. The molecule has 0 unspecified atom stereocenters. The Balaban J connectivity index is 1.73. The summed E-state index contributed by atoms with van der Waals surface area (Å²) in [5.74, 6) is -2.05. The van der Waals surface area contributed by atoms with E-state index in [2.05, 4.69) is 10.1 Å². The zero-order valence-corrected chi connectivity index (χ0v) is 14.9. The maximum Gasteiger partial charge on any atom is 0.159 e. The minimum atomic E-state index is -0.946. The standard InChI is InChI=1S/C20H20F2N4O/c1-2-26-15(11-19(25-26)14-5-7-24-8-6-14)12-20(27)18(23)10-13-3-4-16(21)17(22)9-13/h3-9,11,18H,2,10,12,23H2,1H3/t18-/m0/s1. The molecule has 27 heavy (non-hydrogen) atoms. The van der Waals surface area contributed by atoms with Gasteiger partial charge in [-0.15, -0.1) is 0 Å². The second-order valence-corrected chi connectivity index (χ2v) is 6.27. The van der Waals surface area contributed by atoms with E-state index in [-0.39, 0.29) is 18.6 Å². The summed E-state index contributed by atoms with van der Waals surface area (Å²) >= 11 is 0. The summed E-state index contributed by atoms with van der Waals surface area (Å²) in [4.78, 5) is 16.5. The minimum absolute atomic E-state index is 0.122. The van der Waals surface area contributed by atoms with E-state index >= 15 is 0 Å². The van der Waals surface area contributed by atoms with Crippen molar-refractivity contribution in [2.24, 2.45) is 5.73 Å². The summed E-state index contributed by atoms with van der Waals surface area (Å²) in [5, 5.41) is 4.52. The van der Waals surface area contributed by atoms with Crippen molar-refractivity contribution in [2.75, 3.05) is 0 Å². The van der Waals surface area contributed by atoms with Crippen LogP contribution in [0.25, 0.3) is 11.3 Å². The Bertz CT molecular complexity index is 940. The van der Waals surface area contributed by atoms with Crippen molar-refractivity contribution >= 4 is 5.78 Å². The lowest BCUT2D eigenvalue weighted by atomic mass is 10.00. The Morgan fingerprint density at radius 1 is 1.15 bits per heavy atom. The summed E-state index contributed by atoms with van der Waals surface area (Å²) < 4.78 is 28.1. The molecule has 2 heterocycles. The number of hydrogen-bond acceptors (Lipinski definition) is 4. The third kappa shape index (κ3) is 4.43. The molecule has 7 heteroatoms. The molecule has 0 amide bonds. The second kappa shape index (κ2) is 8.18. The van der Waals surface area contributed by atoms with E-state index in [1.165, 1.54) is 6.07 Å². The van der Waals surface area contributed by atoms with Gasteiger partial charge in [-0.25, -0.2) is 8.78 Å². The highest BCUT2D eigenvalue weighted by atomic mass is 19.2. The Labute approximate surface area is 155 Å². The number of halogens is 2. The summed E-state index contributed by atoms with van der Waals surface area (Å²) in [6.45, 7) is 2.56. The molecule has 0 spiro atoms. The molecule has 0 fully saturated rings. The number of pyridine rings is 1. The molecule has 2 aromatic heterocycles. The smallest absolute Gasteiger partial charge is 0.159 e. The number of carbonyl (C=O) groups is 1. The summed E-state index contributed by atoms with van der Waals surface area (Å²) in [6.07, 6.45) is 3.63. The topological polar surface area (TPSA) is 73.8 Å². The first-order chi connectivity index (χ1) is 13.0. The molecule has 0 aliphatic rings. The lowest BCUT2D eigenvalue weighted by Gasteiger charge is -2.11. The largest absolute Gasteiger partial charge is 0.321 e. The lowest BCUT2D eigenvalue weighted by Crippen LogP contribution is -2.34. The van der Waals surface area contributed by atoms with Crippen LogP contribution >= 0.6 is 0 Å². The lowest BCUT2D eigenvalue weighted by molar-refractivity contribution is -0.119. The molecular formula is C20H20F2N4O. The maximum atomic E-state index is 13.3. The fourth-order valence-corrected chi connectivity index (χ4v) is 2.88. The number of ketones is 1. The van der Waals surface area contributed by atoms with E-state index in [0.717, 1.165) is 29.1 Å². The number of benzene rings is 1. The van der Waals surface area contributed by atoms with Gasteiger partial charge < -0.3 is 5.73 Å². The van der Waals surface area contributed by atoms with Crippen molar-refractivity contribution in [1.29, 1.82) is 0 Å². The molecule has 140 valence electrons. The predicted molar refractivity (Wildman–Crippen MR) is 97.9 cm³/mol. The van der Waals surface area contributed by atoms with Crippen LogP contribution in [0.2, 0.25) is 0 Å². The molecule has 0 bridgehead atoms. The van der Waals surface area contributed by atoms with Crippen molar-refractivity contribution in [2.45, 2.75) is 32.4 Å². The maximum absolute atomic E-state index is 13.3. The highest BCUT2D eigenvalue weighted by Crippen LogP contribution is 2.19. The molecule has 0 saturated carbocycles. The fourth-order valence-electron chi connectivity index (χ4n) is 2.88. The van der Waals surface area contributed by atoms with Gasteiger partial charge in [-0.05, 0) is 49.2 Å². The van der Waals surface area contributed by atoms with E-state index in [1.54, 1.807) is 17.1 Å². The van der Waals surface area contributed by atoms with Crippen LogP contribution in [0.5, 0.6) is 0 Å².